The van der Waals surface area contributed by atoms with E-state index in [0.717, 1.165) is 5.69 Å². The molecule has 0 aromatic carbocycles. The van der Waals surface area contributed by atoms with Crippen LogP contribution in [0, 0.1) is 6.92 Å². The molecule has 0 saturated heterocycles. The highest BCUT2D eigenvalue weighted by molar-refractivity contribution is 5.80. The molecule has 7 nitrogen and oxygen atoms in total. The van der Waals surface area contributed by atoms with Gasteiger partial charge in [-0.3, -0.25) is 9.59 Å². The normalized spacial score (nSPS) is 10.4. The molecule has 0 spiro atoms. The van der Waals surface area contributed by atoms with Crippen molar-refractivity contribution in [1.82, 2.24) is 9.97 Å². The first-order valence-corrected chi connectivity index (χ1v) is 6.61. The maximum Gasteiger partial charge on any atom is 0.325 e. The molecule has 0 aliphatic carbocycles. The molecule has 0 aliphatic heterocycles. The largest absolute Gasteiger partial charge is 0.468 e. The predicted octanol–water partition coefficient (Wildman–Crippen LogP) is 1.06. The van der Waals surface area contributed by atoms with Crippen LogP contribution in [0.4, 0.5) is 5.82 Å². The lowest BCUT2D eigenvalue weighted by atomic mass is 10.2. The molecule has 1 heterocycles. The van der Waals surface area contributed by atoms with Gasteiger partial charge in [-0.25, -0.2) is 9.97 Å². The van der Waals surface area contributed by atoms with Crippen LogP contribution in [0.15, 0.2) is 6.07 Å². The van der Waals surface area contributed by atoms with E-state index >= 15 is 0 Å². The number of hydrogen-bond donors (Lipinski definition) is 0. The van der Waals surface area contributed by atoms with Gasteiger partial charge in [0.2, 0.25) is 0 Å². The Labute approximate surface area is 124 Å². The molecule has 1 aromatic heterocycles. The van der Waals surface area contributed by atoms with Gasteiger partial charge in [-0.2, -0.15) is 0 Å². The molecular formula is C14H21N3O4. The van der Waals surface area contributed by atoms with Crippen LogP contribution in [-0.4, -0.2) is 49.2 Å². The molecule has 0 saturated carbocycles. The summed E-state index contributed by atoms with van der Waals surface area (Å²) >= 11 is 0. The molecule has 1 rings (SSSR count). The molecule has 0 bridgehead atoms. The first-order valence-electron chi connectivity index (χ1n) is 6.61. The standard InChI is InChI=1S/C14H21N3O4/c1-9(2)14-15-10(3)6-11(16-14)17(7-12(18)20-4)8-13(19)21-5/h6,9H,7-8H2,1-5H3. The number of rotatable bonds is 6. The van der Waals surface area contributed by atoms with Gasteiger partial charge in [0, 0.05) is 17.7 Å². The summed E-state index contributed by atoms with van der Waals surface area (Å²) in [4.78, 5) is 33.3. The van der Waals surface area contributed by atoms with Crippen LogP contribution in [0.3, 0.4) is 0 Å². The summed E-state index contributed by atoms with van der Waals surface area (Å²) in [5, 5.41) is 0. The molecule has 0 fully saturated rings. The number of esters is 2. The van der Waals surface area contributed by atoms with Crippen LogP contribution < -0.4 is 4.90 Å². The lowest BCUT2D eigenvalue weighted by Gasteiger charge is -2.22. The van der Waals surface area contributed by atoms with E-state index in [1.54, 1.807) is 6.07 Å². The number of carbonyl (C=O) groups excluding carboxylic acids is 2. The molecule has 0 atom stereocenters. The molecule has 0 N–H and O–H groups in total. The molecule has 1 aromatic rings. The Bertz CT molecular complexity index is 499. The zero-order valence-electron chi connectivity index (χ0n) is 13.0. The summed E-state index contributed by atoms with van der Waals surface area (Å²) in [6.45, 7) is 5.62. The Hall–Kier alpha value is -2.18. The summed E-state index contributed by atoms with van der Waals surface area (Å²) in [6.07, 6.45) is 0. The number of carbonyl (C=O) groups is 2. The smallest absolute Gasteiger partial charge is 0.325 e. The first kappa shape index (κ1) is 16.9. The Morgan fingerprint density at radius 3 is 2.10 bits per heavy atom. The van der Waals surface area contributed by atoms with Gasteiger partial charge >= 0.3 is 11.9 Å². The van der Waals surface area contributed by atoms with Crippen LogP contribution in [0.25, 0.3) is 0 Å². The third-order valence-corrected chi connectivity index (χ3v) is 2.79. The van der Waals surface area contributed by atoms with E-state index in [1.807, 2.05) is 20.8 Å². The predicted molar refractivity (Wildman–Crippen MR) is 77.1 cm³/mol. The second-order valence-corrected chi connectivity index (χ2v) is 4.89. The monoisotopic (exact) mass is 295 g/mol. The molecular weight excluding hydrogens is 274 g/mol. The van der Waals surface area contributed by atoms with Crippen LogP contribution in [0.2, 0.25) is 0 Å². The summed E-state index contributed by atoms with van der Waals surface area (Å²) in [7, 11) is 2.59. The van der Waals surface area contributed by atoms with Gasteiger partial charge in [0.15, 0.2) is 0 Å². The van der Waals surface area contributed by atoms with E-state index in [0.29, 0.717) is 11.6 Å². The molecule has 7 heteroatoms. The van der Waals surface area contributed by atoms with E-state index in [9.17, 15) is 9.59 Å². The topological polar surface area (TPSA) is 81.6 Å². The first-order chi connectivity index (χ1) is 9.87. The average Bonchev–Trinajstić information content (AvgIpc) is 2.45. The Morgan fingerprint density at radius 2 is 1.67 bits per heavy atom. The van der Waals surface area contributed by atoms with E-state index in [1.165, 1.54) is 19.1 Å². The van der Waals surface area contributed by atoms with Gasteiger partial charge < -0.3 is 14.4 Å². The van der Waals surface area contributed by atoms with Gasteiger partial charge in [0.25, 0.3) is 0 Å². The second kappa shape index (κ2) is 7.56. The molecule has 0 aliphatic rings. The zero-order chi connectivity index (χ0) is 16.0. The zero-order valence-corrected chi connectivity index (χ0v) is 13.0. The van der Waals surface area contributed by atoms with E-state index in [-0.39, 0.29) is 19.0 Å². The minimum atomic E-state index is -0.457. The fourth-order valence-electron chi connectivity index (χ4n) is 1.65. The molecule has 0 radical (unpaired) electrons. The summed E-state index contributed by atoms with van der Waals surface area (Å²) in [5.41, 5.74) is 0.767. The average molecular weight is 295 g/mol. The number of nitrogens with zero attached hydrogens (tertiary/aromatic N) is 3. The van der Waals surface area contributed by atoms with Crippen LogP contribution in [0.5, 0.6) is 0 Å². The molecule has 21 heavy (non-hydrogen) atoms. The highest BCUT2D eigenvalue weighted by atomic mass is 16.5. The number of aryl methyl sites for hydroxylation is 1. The van der Waals surface area contributed by atoms with Gasteiger partial charge in [0.05, 0.1) is 14.2 Å². The second-order valence-electron chi connectivity index (χ2n) is 4.89. The SMILES string of the molecule is COC(=O)CN(CC(=O)OC)c1cc(C)nc(C(C)C)n1. The highest BCUT2D eigenvalue weighted by Gasteiger charge is 2.19. The van der Waals surface area contributed by atoms with Crippen LogP contribution >= 0.6 is 0 Å². The van der Waals surface area contributed by atoms with E-state index in [2.05, 4.69) is 19.4 Å². The van der Waals surface area contributed by atoms with Crippen LogP contribution in [-0.2, 0) is 19.1 Å². The third-order valence-electron chi connectivity index (χ3n) is 2.79. The fraction of sp³-hybridized carbons (Fsp3) is 0.571. The van der Waals surface area contributed by atoms with Gasteiger partial charge in [-0.1, -0.05) is 13.8 Å². The molecule has 116 valence electrons. The van der Waals surface area contributed by atoms with Crippen molar-refractivity contribution in [3.63, 3.8) is 0 Å². The lowest BCUT2D eigenvalue weighted by molar-refractivity contribution is -0.140. The lowest BCUT2D eigenvalue weighted by Crippen LogP contribution is -2.36. The van der Waals surface area contributed by atoms with Crippen LogP contribution in [0.1, 0.15) is 31.3 Å². The minimum absolute atomic E-state index is 0.0837. The summed E-state index contributed by atoms with van der Waals surface area (Å²) in [6, 6.07) is 1.72. The van der Waals surface area contributed by atoms with E-state index in [4.69, 9.17) is 0 Å². The van der Waals surface area contributed by atoms with Crippen molar-refractivity contribution in [1.29, 1.82) is 0 Å². The fourth-order valence-corrected chi connectivity index (χ4v) is 1.65. The number of methoxy groups -OCH3 is 2. The summed E-state index contributed by atoms with van der Waals surface area (Å²) < 4.78 is 9.30. The van der Waals surface area contributed by atoms with Gasteiger partial charge in [0.1, 0.15) is 24.7 Å². The van der Waals surface area contributed by atoms with Crippen molar-refractivity contribution >= 4 is 17.8 Å². The quantitative estimate of drug-likeness (QED) is 0.726. The number of hydrogen-bond acceptors (Lipinski definition) is 7. The highest BCUT2D eigenvalue weighted by Crippen LogP contribution is 2.17. The molecule has 0 unspecified atom stereocenters. The summed E-state index contributed by atoms with van der Waals surface area (Å²) in [5.74, 6) is 0.385. The number of ether oxygens (including phenoxy) is 2. The Morgan fingerprint density at radius 1 is 1.14 bits per heavy atom. The molecule has 0 amide bonds. The van der Waals surface area contributed by atoms with Crippen molar-refractivity contribution in [2.45, 2.75) is 26.7 Å². The maximum absolute atomic E-state index is 11.5. The van der Waals surface area contributed by atoms with Crippen molar-refractivity contribution in [3.8, 4) is 0 Å². The number of anilines is 1. The number of aromatic nitrogens is 2. The van der Waals surface area contributed by atoms with Crippen molar-refractivity contribution in [2.24, 2.45) is 0 Å². The Balaban J connectivity index is 3.11. The van der Waals surface area contributed by atoms with Crippen molar-refractivity contribution < 1.29 is 19.1 Å². The van der Waals surface area contributed by atoms with Gasteiger partial charge in [-0.15, -0.1) is 0 Å². The Kier molecular flexibility index (Phi) is 6.08. The maximum atomic E-state index is 11.5. The minimum Gasteiger partial charge on any atom is -0.468 e. The van der Waals surface area contributed by atoms with Crippen molar-refractivity contribution in [3.05, 3.63) is 17.6 Å². The van der Waals surface area contributed by atoms with Gasteiger partial charge in [-0.05, 0) is 6.92 Å². The third kappa shape index (κ3) is 5.02. The van der Waals surface area contributed by atoms with Crippen molar-refractivity contribution in [2.75, 3.05) is 32.2 Å². The van der Waals surface area contributed by atoms with E-state index < -0.39 is 11.9 Å².